The quantitative estimate of drug-likeness (QED) is 0.627. The number of hydrogen-bond donors (Lipinski definition) is 0. The zero-order valence-corrected chi connectivity index (χ0v) is 9.84. The van der Waals surface area contributed by atoms with Gasteiger partial charge in [0.25, 0.3) is 0 Å². The number of nitrogens with zero attached hydrogens (tertiary/aromatic N) is 2. The summed E-state index contributed by atoms with van der Waals surface area (Å²) in [6.45, 7) is 9.81. The molecule has 0 saturated carbocycles. The SMILES string of the molecule is CCN(CCOC)CCC(C)(C)C#N. The van der Waals surface area contributed by atoms with Gasteiger partial charge in [-0.15, -0.1) is 0 Å². The van der Waals surface area contributed by atoms with Gasteiger partial charge in [0.15, 0.2) is 0 Å². The molecule has 0 rings (SSSR count). The van der Waals surface area contributed by atoms with E-state index in [1.54, 1.807) is 7.11 Å². The molecular formula is C11H22N2O. The molecule has 0 aromatic rings. The van der Waals surface area contributed by atoms with E-state index < -0.39 is 0 Å². The van der Waals surface area contributed by atoms with E-state index in [0.29, 0.717) is 0 Å². The molecule has 0 radical (unpaired) electrons. The van der Waals surface area contributed by atoms with E-state index in [4.69, 9.17) is 10.00 Å². The van der Waals surface area contributed by atoms with E-state index in [9.17, 15) is 0 Å². The van der Waals surface area contributed by atoms with Gasteiger partial charge in [0.2, 0.25) is 0 Å². The Hall–Kier alpha value is -0.590. The van der Waals surface area contributed by atoms with Crippen LogP contribution in [0.4, 0.5) is 0 Å². The minimum atomic E-state index is -0.208. The van der Waals surface area contributed by atoms with Crippen LogP contribution in [0.25, 0.3) is 0 Å². The first-order valence-corrected chi connectivity index (χ1v) is 5.18. The summed E-state index contributed by atoms with van der Waals surface area (Å²) in [5, 5.41) is 8.86. The van der Waals surface area contributed by atoms with Crippen LogP contribution in [0.3, 0.4) is 0 Å². The van der Waals surface area contributed by atoms with Crippen molar-refractivity contribution in [3.05, 3.63) is 0 Å². The molecule has 0 aliphatic rings. The summed E-state index contributed by atoms with van der Waals surface area (Å²) in [5.74, 6) is 0. The van der Waals surface area contributed by atoms with Crippen LogP contribution in [0.2, 0.25) is 0 Å². The van der Waals surface area contributed by atoms with Gasteiger partial charge in [-0.25, -0.2) is 0 Å². The molecule has 0 unspecified atom stereocenters. The number of hydrogen-bond acceptors (Lipinski definition) is 3. The van der Waals surface area contributed by atoms with Crippen LogP contribution in [0.1, 0.15) is 27.2 Å². The van der Waals surface area contributed by atoms with Gasteiger partial charge >= 0.3 is 0 Å². The molecule has 0 bridgehead atoms. The molecule has 3 heteroatoms. The number of likely N-dealkylation sites (N-methyl/N-ethyl adjacent to an activating group) is 1. The van der Waals surface area contributed by atoms with Crippen molar-refractivity contribution in [3.63, 3.8) is 0 Å². The number of ether oxygens (including phenoxy) is 1. The van der Waals surface area contributed by atoms with Crippen LogP contribution in [-0.4, -0.2) is 38.3 Å². The van der Waals surface area contributed by atoms with E-state index in [2.05, 4.69) is 17.9 Å². The fourth-order valence-corrected chi connectivity index (χ4v) is 1.14. The van der Waals surface area contributed by atoms with Gasteiger partial charge in [0, 0.05) is 13.7 Å². The largest absolute Gasteiger partial charge is 0.383 e. The molecule has 0 heterocycles. The van der Waals surface area contributed by atoms with E-state index in [0.717, 1.165) is 32.7 Å². The lowest BCUT2D eigenvalue weighted by Gasteiger charge is -2.23. The maximum absolute atomic E-state index is 8.86. The van der Waals surface area contributed by atoms with E-state index in [1.165, 1.54) is 0 Å². The Balaban J connectivity index is 3.78. The molecular weight excluding hydrogens is 176 g/mol. The highest BCUT2D eigenvalue weighted by atomic mass is 16.5. The highest BCUT2D eigenvalue weighted by Crippen LogP contribution is 2.18. The molecule has 0 spiro atoms. The van der Waals surface area contributed by atoms with Gasteiger partial charge in [0.05, 0.1) is 18.1 Å². The highest BCUT2D eigenvalue weighted by Gasteiger charge is 2.17. The molecule has 0 saturated heterocycles. The second-order valence-electron chi connectivity index (χ2n) is 4.17. The first-order chi connectivity index (χ1) is 6.55. The molecule has 0 aromatic heterocycles. The first-order valence-electron chi connectivity index (χ1n) is 5.18. The summed E-state index contributed by atoms with van der Waals surface area (Å²) in [4.78, 5) is 2.31. The summed E-state index contributed by atoms with van der Waals surface area (Å²) in [7, 11) is 1.72. The fourth-order valence-electron chi connectivity index (χ4n) is 1.14. The number of rotatable bonds is 7. The average molecular weight is 198 g/mol. The summed E-state index contributed by atoms with van der Waals surface area (Å²) in [6, 6.07) is 2.32. The van der Waals surface area contributed by atoms with Crippen LogP contribution in [0.5, 0.6) is 0 Å². The molecule has 0 aromatic carbocycles. The summed E-state index contributed by atoms with van der Waals surface area (Å²) >= 11 is 0. The Morgan fingerprint density at radius 2 is 2.00 bits per heavy atom. The highest BCUT2D eigenvalue weighted by molar-refractivity contribution is 4.91. The van der Waals surface area contributed by atoms with Crippen molar-refractivity contribution in [3.8, 4) is 6.07 Å². The third kappa shape index (κ3) is 5.95. The lowest BCUT2D eigenvalue weighted by molar-refractivity contribution is 0.145. The molecule has 14 heavy (non-hydrogen) atoms. The third-order valence-electron chi connectivity index (χ3n) is 2.41. The maximum Gasteiger partial charge on any atom is 0.0684 e. The lowest BCUT2D eigenvalue weighted by atomic mass is 9.91. The Bertz CT molecular complexity index is 184. The first kappa shape index (κ1) is 13.4. The Morgan fingerprint density at radius 1 is 1.36 bits per heavy atom. The molecule has 0 amide bonds. The molecule has 0 atom stereocenters. The van der Waals surface area contributed by atoms with Crippen LogP contribution >= 0.6 is 0 Å². The predicted molar refractivity (Wildman–Crippen MR) is 58.0 cm³/mol. The van der Waals surface area contributed by atoms with E-state index in [-0.39, 0.29) is 5.41 Å². The van der Waals surface area contributed by atoms with E-state index in [1.807, 2.05) is 13.8 Å². The molecule has 0 fully saturated rings. The summed E-state index contributed by atoms with van der Waals surface area (Å²) in [6.07, 6.45) is 0.918. The predicted octanol–water partition coefficient (Wildman–Crippen LogP) is 1.89. The Kier molecular flexibility index (Phi) is 6.52. The van der Waals surface area contributed by atoms with E-state index >= 15 is 0 Å². The Morgan fingerprint density at radius 3 is 2.43 bits per heavy atom. The van der Waals surface area contributed by atoms with Crippen molar-refractivity contribution in [2.45, 2.75) is 27.2 Å². The second kappa shape index (κ2) is 6.80. The van der Waals surface area contributed by atoms with Crippen molar-refractivity contribution >= 4 is 0 Å². The fraction of sp³-hybridized carbons (Fsp3) is 0.909. The molecule has 82 valence electrons. The monoisotopic (exact) mass is 198 g/mol. The summed E-state index contributed by atoms with van der Waals surface area (Å²) in [5.41, 5.74) is -0.208. The molecule has 0 N–H and O–H groups in total. The third-order valence-corrected chi connectivity index (χ3v) is 2.41. The second-order valence-corrected chi connectivity index (χ2v) is 4.17. The van der Waals surface area contributed by atoms with Crippen LogP contribution < -0.4 is 0 Å². The van der Waals surface area contributed by atoms with Gasteiger partial charge in [-0.1, -0.05) is 6.92 Å². The summed E-state index contributed by atoms with van der Waals surface area (Å²) < 4.78 is 5.03. The van der Waals surface area contributed by atoms with Gasteiger partial charge in [-0.05, 0) is 33.4 Å². The van der Waals surface area contributed by atoms with Crippen molar-refractivity contribution in [2.24, 2.45) is 5.41 Å². The smallest absolute Gasteiger partial charge is 0.0684 e. The van der Waals surface area contributed by atoms with Crippen LogP contribution in [-0.2, 0) is 4.74 Å². The normalized spacial score (nSPS) is 11.7. The standard InChI is InChI=1S/C11H22N2O/c1-5-13(8-9-14-4)7-6-11(2,3)10-12/h5-9H2,1-4H3. The van der Waals surface area contributed by atoms with Crippen molar-refractivity contribution < 1.29 is 4.74 Å². The van der Waals surface area contributed by atoms with Crippen LogP contribution in [0, 0.1) is 16.7 Å². The van der Waals surface area contributed by atoms with Gasteiger partial charge in [0.1, 0.15) is 0 Å². The minimum Gasteiger partial charge on any atom is -0.383 e. The maximum atomic E-state index is 8.86. The molecule has 0 aliphatic heterocycles. The minimum absolute atomic E-state index is 0.208. The Labute approximate surface area is 87.7 Å². The average Bonchev–Trinajstić information content (AvgIpc) is 2.18. The van der Waals surface area contributed by atoms with Crippen molar-refractivity contribution in [2.75, 3.05) is 33.4 Å². The van der Waals surface area contributed by atoms with Crippen LogP contribution in [0.15, 0.2) is 0 Å². The number of nitriles is 1. The van der Waals surface area contributed by atoms with Gasteiger partial charge in [-0.2, -0.15) is 5.26 Å². The molecule has 0 aliphatic carbocycles. The lowest BCUT2D eigenvalue weighted by Crippen LogP contribution is -2.30. The van der Waals surface area contributed by atoms with Gasteiger partial charge < -0.3 is 9.64 Å². The number of methoxy groups -OCH3 is 1. The topological polar surface area (TPSA) is 36.3 Å². The van der Waals surface area contributed by atoms with Gasteiger partial charge in [-0.3, -0.25) is 0 Å². The zero-order chi connectivity index (χ0) is 11.0. The zero-order valence-electron chi connectivity index (χ0n) is 9.84. The van der Waals surface area contributed by atoms with Crippen molar-refractivity contribution in [1.82, 2.24) is 4.90 Å². The molecule has 3 nitrogen and oxygen atoms in total. The van der Waals surface area contributed by atoms with Crippen molar-refractivity contribution in [1.29, 1.82) is 5.26 Å².